The quantitative estimate of drug-likeness (QED) is 0.310. The largest absolute Gasteiger partial charge is 0.497 e. The maximum Gasteiger partial charge on any atom is 0.410 e. The van der Waals surface area contributed by atoms with Gasteiger partial charge in [0.05, 0.1) is 31.8 Å². The van der Waals surface area contributed by atoms with Gasteiger partial charge in [0.1, 0.15) is 18.0 Å². The summed E-state index contributed by atoms with van der Waals surface area (Å²) < 4.78 is 16.5. The van der Waals surface area contributed by atoms with Crippen LogP contribution >= 0.6 is 0 Å². The Morgan fingerprint density at radius 2 is 1.55 bits per heavy atom. The van der Waals surface area contributed by atoms with Gasteiger partial charge in [0.2, 0.25) is 0 Å². The summed E-state index contributed by atoms with van der Waals surface area (Å²) in [6, 6.07) is 25.1. The summed E-state index contributed by atoms with van der Waals surface area (Å²) in [7, 11) is 1.58. The van der Waals surface area contributed by atoms with Crippen LogP contribution < -0.4 is 10.1 Å². The molecule has 0 spiro atoms. The molecule has 0 aliphatic carbocycles. The summed E-state index contributed by atoms with van der Waals surface area (Å²) in [5.74, 6) is 0.649. The van der Waals surface area contributed by atoms with Crippen LogP contribution in [0.15, 0.2) is 84.9 Å². The first kappa shape index (κ1) is 30.5. The Kier molecular flexibility index (Phi) is 11.0. The Morgan fingerprint density at radius 1 is 0.925 bits per heavy atom. The molecule has 3 rings (SSSR count). The summed E-state index contributed by atoms with van der Waals surface area (Å²) in [4.78, 5) is 27.6. The van der Waals surface area contributed by atoms with Gasteiger partial charge in [0, 0.05) is 0 Å². The second-order valence-corrected chi connectivity index (χ2v) is 10.7. The molecule has 8 nitrogen and oxygen atoms in total. The molecule has 0 saturated heterocycles. The van der Waals surface area contributed by atoms with E-state index in [1.54, 1.807) is 27.9 Å². The van der Waals surface area contributed by atoms with E-state index in [9.17, 15) is 14.7 Å². The van der Waals surface area contributed by atoms with Crippen LogP contribution in [0.1, 0.15) is 50.4 Å². The number of rotatable bonds is 11. The second-order valence-electron chi connectivity index (χ2n) is 10.7. The van der Waals surface area contributed by atoms with E-state index in [1.165, 1.54) is 4.90 Å². The third-order valence-corrected chi connectivity index (χ3v) is 6.33. The Balaban J connectivity index is 1.86. The van der Waals surface area contributed by atoms with Crippen LogP contribution in [-0.2, 0) is 22.5 Å². The van der Waals surface area contributed by atoms with Crippen LogP contribution in [-0.4, -0.2) is 53.6 Å². The number of ether oxygens (including phenoxy) is 3. The lowest BCUT2D eigenvalue weighted by molar-refractivity contribution is 0.0281. The van der Waals surface area contributed by atoms with Crippen molar-refractivity contribution in [3.63, 3.8) is 0 Å². The minimum absolute atomic E-state index is 0.0840. The molecule has 3 aromatic rings. The van der Waals surface area contributed by atoms with Gasteiger partial charge in [-0.3, -0.25) is 4.90 Å². The Morgan fingerprint density at radius 3 is 2.15 bits per heavy atom. The van der Waals surface area contributed by atoms with Crippen LogP contribution in [0.4, 0.5) is 9.59 Å². The van der Waals surface area contributed by atoms with Crippen LogP contribution in [0, 0.1) is 0 Å². The lowest BCUT2D eigenvalue weighted by Crippen LogP contribution is -2.52. The van der Waals surface area contributed by atoms with Crippen molar-refractivity contribution in [1.82, 2.24) is 10.2 Å². The summed E-state index contributed by atoms with van der Waals surface area (Å²) in [5, 5.41) is 14.3. The number of amides is 2. The number of hydrogen-bond donors (Lipinski definition) is 2. The zero-order valence-electron chi connectivity index (χ0n) is 23.9. The SMILES string of the molecule is COc1cccc([C@H](C)N(C[C@@H](O)[C@H](Cc2ccccc2)NC(=O)OC(C)(C)C)C(=O)OCc2ccccc2)c1. The van der Waals surface area contributed by atoms with E-state index in [2.05, 4.69) is 5.32 Å². The summed E-state index contributed by atoms with van der Waals surface area (Å²) in [5.41, 5.74) is 1.86. The van der Waals surface area contributed by atoms with E-state index in [1.807, 2.05) is 91.9 Å². The highest BCUT2D eigenvalue weighted by atomic mass is 16.6. The second kappa shape index (κ2) is 14.4. The standard InChI is InChI=1S/C32H40N2O6/c1-23(26-17-12-18-27(20-26)38-5)34(31(37)39-22-25-15-10-7-11-16-25)21-29(35)28(19-24-13-8-6-9-14-24)33-30(36)40-32(2,3)4/h6-18,20,23,28-29,35H,19,21-22H2,1-5H3,(H,33,36)/t23-,28-,29+/m0/s1. The monoisotopic (exact) mass is 548 g/mol. The fourth-order valence-electron chi connectivity index (χ4n) is 4.21. The molecule has 2 N–H and O–H groups in total. The van der Waals surface area contributed by atoms with Gasteiger partial charge in [0.25, 0.3) is 0 Å². The third kappa shape index (κ3) is 9.61. The van der Waals surface area contributed by atoms with E-state index in [-0.39, 0.29) is 13.2 Å². The van der Waals surface area contributed by atoms with Gasteiger partial charge in [0.15, 0.2) is 0 Å². The fourth-order valence-corrected chi connectivity index (χ4v) is 4.21. The molecule has 0 aromatic heterocycles. The maximum absolute atomic E-state index is 13.5. The van der Waals surface area contributed by atoms with E-state index < -0.39 is 36.0 Å². The third-order valence-electron chi connectivity index (χ3n) is 6.33. The van der Waals surface area contributed by atoms with Gasteiger partial charge in [-0.05, 0) is 62.9 Å². The minimum atomic E-state index is -1.13. The molecule has 0 fully saturated rings. The van der Waals surface area contributed by atoms with Gasteiger partial charge in [-0.25, -0.2) is 9.59 Å². The number of carbonyl (C=O) groups is 2. The van der Waals surface area contributed by atoms with Gasteiger partial charge in [-0.1, -0.05) is 72.8 Å². The highest BCUT2D eigenvalue weighted by Gasteiger charge is 2.31. The average molecular weight is 549 g/mol. The van der Waals surface area contributed by atoms with Crippen molar-refractivity contribution in [2.24, 2.45) is 0 Å². The number of nitrogens with one attached hydrogen (secondary N) is 1. The predicted molar refractivity (Wildman–Crippen MR) is 154 cm³/mol. The lowest BCUT2D eigenvalue weighted by Gasteiger charge is -2.34. The number of benzene rings is 3. The molecule has 0 aliphatic rings. The zero-order chi connectivity index (χ0) is 29.1. The van der Waals surface area contributed by atoms with Crippen molar-refractivity contribution >= 4 is 12.2 Å². The first-order valence-corrected chi connectivity index (χ1v) is 13.4. The van der Waals surface area contributed by atoms with Crippen LogP contribution in [0.3, 0.4) is 0 Å². The highest BCUT2D eigenvalue weighted by molar-refractivity contribution is 5.69. The first-order chi connectivity index (χ1) is 19.1. The minimum Gasteiger partial charge on any atom is -0.497 e. The molecule has 40 heavy (non-hydrogen) atoms. The number of methoxy groups -OCH3 is 1. The molecule has 0 saturated carbocycles. The first-order valence-electron chi connectivity index (χ1n) is 13.4. The number of nitrogens with zero attached hydrogens (tertiary/aromatic N) is 1. The Bertz CT molecular complexity index is 1210. The molecule has 0 unspecified atom stereocenters. The zero-order valence-corrected chi connectivity index (χ0v) is 23.9. The number of aliphatic hydroxyl groups is 1. The summed E-state index contributed by atoms with van der Waals surface area (Å²) in [6.45, 7) is 7.17. The van der Waals surface area contributed by atoms with Crippen molar-refractivity contribution < 1.29 is 28.9 Å². The summed E-state index contributed by atoms with van der Waals surface area (Å²) >= 11 is 0. The Hall–Kier alpha value is -4.04. The van der Waals surface area contributed by atoms with Gasteiger partial charge in [-0.2, -0.15) is 0 Å². The van der Waals surface area contributed by atoms with Gasteiger partial charge >= 0.3 is 12.2 Å². The molecule has 0 bridgehead atoms. The van der Waals surface area contributed by atoms with E-state index in [0.717, 1.165) is 16.7 Å². The van der Waals surface area contributed by atoms with Gasteiger partial charge in [-0.15, -0.1) is 0 Å². The molecule has 8 heteroatoms. The van der Waals surface area contributed by atoms with Crippen molar-refractivity contribution in [2.75, 3.05) is 13.7 Å². The van der Waals surface area contributed by atoms with Crippen molar-refractivity contribution in [3.8, 4) is 5.75 Å². The molecule has 3 aromatic carbocycles. The van der Waals surface area contributed by atoms with Crippen molar-refractivity contribution in [3.05, 3.63) is 102 Å². The number of hydrogen-bond acceptors (Lipinski definition) is 6. The fraction of sp³-hybridized carbons (Fsp3) is 0.375. The molecule has 0 heterocycles. The van der Waals surface area contributed by atoms with Crippen LogP contribution in [0.5, 0.6) is 5.75 Å². The van der Waals surface area contributed by atoms with Crippen LogP contribution in [0.2, 0.25) is 0 Å². The topological polar surface area (TPSA) is 97.3 Å². The van der Waals surface area contributed by atoms with Crippen LogP contribution in [0.25, 0.3) is 0 Å². The van der Waals surface area contributed by atoms with Gasteiger partial charge < -0.3 is 24.6 Å². The smallest absolute Gasteiger partial charge is 0.410 e. The maximum atomic E-state index is 13.5. The molecule has 0 radical (unpaired) electrons. The molecule has 3 atom stereocenters. The summed E-state index contributed by atoms with van der Waals surface area (Å²) in [6.07, 6.45) is -2.03. The van der Waals surface area contributed by atoms with E-state index in [0.29, 0.717) is 12.2 Å². The molecular formula is C32H40N2O6. The molecule has 2 amide bonds. The Labute approximate surface area is 236 Å². The number of aliphatic hydroxyl groups excluding tert-OH is 1. The normalized spacial score (nSPS) is 13.4. The number of carbonyl (C=O) groups excluding carboxylic acids is 2. The van der Waals surface area contributed by atoms with E-state index in [4.69, 9.17) is 14.2 Å². The van der Waals surface area contributed by atoms with E-state index >= 15 is 0 Å². The molecular weight excluding hydrogens is 508 g/mol. The predicted octanol–water partition coefficient (Wildman–Crippen LogP) is 5.89. The molecule has 0 aliphatic heterocycles. The van der Waals surface area contributed by atoms with Crippen molar-refractivity contribution in [2.45, 2.75) is 64.5 Å². The number of alkyl carbamates (subject to hydrolysis) is 1. The lowest BCUT2D eigenvalue weighted by atomic mass is 9.99. The average Bonchev–Trinajstić information content (AvgIpc) is 2.94. The molecule has 214 valence electrons. The highest BCUT2D eigenvalue weighted by Crippen LogP contribution is 2.26. The van der Waals surface area contributed by atoms with Crippen molar-refractivity contribution in [1.29, 1.82) is 0 Å².